The summed E-state index contributed by atoms with van der Waals surface area (Å²) in [6.45, 7) is 5.17. The third-order valence-electron chi connectivity index (χ3n) is 4.54. The summed E-state index contributed by atoms with van der Waals surface area (Å²) in [6.07, 6.45) is 1.95. The van der Waals surface area contributed by atoms with Gasteiger partial charge in [-0.15, -0.1) is 0 Å². The highest BCUT2D eigenvalue weighted by molar-refractivity contribution is 5.89. The number of ether oxygens (including phenoxy) is 1. The molecular formula is C18H26N2O3. The SMILES string of the molecule is CCC(C)N1CC(C(=O)NCCc2ccccc2OC)CC1=O. The lowest BCUT2D eigenvalue weighted by Crippen LogP contribution is -2.37. The number of nitrogens with one attached hydrogen (secondary N) is 1. The van der Waals surface area contributed by atoms with E-state index in [1.54, 1.807) is 7.11 Å². The van der Waals surface area contributed by atoms with Crippen molar-refractivity contribution in [2.75, 3.05) is 20.2 Å². The van der Waals surface area contributed by atoms with E-state index >= 15 is 0 Å². The highest BCUT2D eigenvalue weighted by Gasteiger charge is 2.35. The van der Waals surface area contributed by atoms with E-state index in [0.29, 0.717) is 25.9 Å². The molecule has 2 amide bonds. The summed E-state index contributed by atoms with van der Waals surface area (Å²) in [5.74, 6) is 0.665. The quantitative estimate of drug-likeness (QED) is 0.836. The van der Waals surface area contributed by atoms with Crippen LogP contribution in [0.2, 0.25) is 0 Å². The molecule has 0 bridgehead atoms. The van der Waals surface area contributed by atoms with Crippen molar-refractivity contribution in [3.8, 4) is 5.75 Å². The van der Waals surface area contributed by atoms with Crippen molar-refractivity contribution >= 4 is 11.8 Å². The third kappa shape index (κ3) is 4.24. The summed E-state index contributed by atoms with van der Waals surface area (Å²) >= 11 is 0. The Morgan fingerprint density at radius 3 is 2.87 bits per heavy atom. The van der Waals surface area contributed by atoms with Crippen LogP contribution in [0.15, 0.2) is 24.3 Å². The molecule has 1 heterocycles. The summed E-state index contributed by atoms with van der Waals surface area (Å²) in [5.41, 5.74) is 1.07. The summed E-state index contributed by atoms with van der Waals surface area (Å²) in [4.78, 5) is 26.1. The molecule has 1 aliphatic heterocycles. The number of methoxy groups -OCH3 is 1. The number of likely N-dealkylation sites (tertiary alicyclic amines) is 1. The van der Waals surface area contributed by atoms with Gasteiger partial charge in [0.05, 0.1) is 13.0 Å². The molecule has 2 rings (SSSR count). The molecule has 1 fully saturated rings. The maximum atomic E-state index is 12.3. The number of para-hydroxylation sites is 1. The van der Waals surface area contributed by atoms with Gasteiger partial charge in [0.2, 0.25) is 11.8 Å². The molecule has 23 heavy (non-hydrogen) atoms. The second-order valence-electron chi connectivity index (χ2n) is 6.06. The normalized spacial score (nSPS) is 18.8. The number of rotatable bonds is 7. The van der Waals surface area contributed by atoms with Gasteiger partial charge in [0.1, 0.15) is 5.75 Å². The summed E-state index contributed by atoms with van der Waals surface area (Å²) in [7, 11) is 1.64. The maximum absolute atomic E-state index is 12.3. The number of amides is 2. The summed E-state index contributed by atoms with van der Waals surface area (Å²) < 4.78 is 5.31. The van der Waals surface area contributed by atoms with Crippen LogP contribution in [0.1, 0.15) is 32.3 Å². The van der Waals surface area contributed by atoms with Crippen LogP contribution >= 0.6 is 0 Å². The first-order valence-electron chi connectivity index (χ1n) is 8.25. The van der Waals surface area contributed by atoms with Crippen LogP contribution in [-0.4, -0.2) is 43.0 Å². The zero-order chi connectivity index (χ0) is 16.8. The maximum Gasteiger partial charge on any atom is 0.225 e. The Kier molecular flexibility index (Phi) is 6.02. The second kappa shape index (κ2) is 7.99. The first-order chi connectivity index (χ1) is 11.1. The molecule has 2 atom stereocenters. The molecule has 1 aromatic carbocycles. The van der Waals surface area contributed by atoms with Gasteiger partial charge in [-0.3, -0.25) is 9.59 Å². The summed E-state index contributed by atoms with van der Waals surface area (Å²) in [6, 6.07) is 7.99. The van der Waals surface area contributed by atoms with Gasteiger partial charge in [0.15, 0.2) is 0 Å². The Hall–Kier alpha value is -2.04. The molecule has 0 radical (unpaired) electrons. The van der Waals surface area contributed by atoms with Crippen LogP contribution in [0.3, 0.4) is 0 Å². The predicted molar refractivity (Wildman–Crippen MR) is 89.3 cm³/mol. The van der Waals surface area contributed by atoms with Crippen molar-refractivity contribution in [3.05, 3.63) is 29.8 Å². The molecule has 0 spiro atoms. The van der Waals surface area contributed by atoms with Crippen molar-refractivity contribution < 1.29 is 14.3 Å². The number of nitrogens with zero attached hydrogens (tertiary/aromatic N) is 1. The largest absolute Gasteiger partial charge is 0.496 e. The van der Waals surface area contributed by atoms with E-state index in [-0.39, 0.29) is 23.8 Å². The molecule has 1 N–H and O–H groups in total. The fourth-order valence-corrected chi connectivity index (χ4v) is 2.93. The number of carbonyl (C=O) groups excluding carboxylic acids is 2. The minimum atomic E-state index is -0.228. The smallest absolute Gasteiger partial charge is 0.225 e. The molecule has 1 saturated heterocycles. The van der Waals surface area contributed by atoms with Crippen LogP contribution < -0.4 is 10.1 Å². The molecule has 0 aliphatic carbocycles. The fourth-order valence-electron chi connectivity index (χ4n) is 2.93. The minimum absolute atomic E-state index is 0.0287. The monoisotopic (exact) mass is 318 g/mol. The van der Waals surface area contributed by atoms with E-state index in [1.165, 1.54) is 0 Å². The molecule has 0 aromatic heterocycles. The number of hydrogen-bond acceptors (Lipinski definition) is 3. The molecule has 2 unspecified atom stereocenters. The van der Waals surface area contributed by atoms with Gasteiger partial charge in [-0.1, -0.05) is 25.1 Å². The Balaban J connectivity index is 1.83. The Labute approximate surface area is 138 Å². The van der Waals surface area contributed by atoms with Gasteiger partial charge < -0.3 is 15.0 Å². The first kappa shape index (κ1) is 17.3. The molecular weight excluding hydrogens is 292 g/mol. The van der Waals surface area contributed by atoms with Gasteiger partial charge in [-0.05, 0) is 31.4 Å². The standard InChI is InChI=1S/C18H26N2O3/c1-4-13(2)20-12-15(11-17(20)21)18(22)19-10-9-14-7-5-6-8-16(14)23-3/h5-8,13,15H,4,9-12H2,1-3H3,(H,19,22). The van der Waals surface area contributed by atoms with E-state index in [1.807, 2.05) is 36.1 Å². The number of benzene rings is 1. The van der Waals surface area contributed by atoms with Gasteiger partial charge in [0.25, 0.3) is 0 Å². The van der Waals surface area contributed by atoms with Crippen LogP contribution in [0.4, 0.5) is 0 Å². The van der Waals surface area contributed by atoms with E-state index in [9.17, 15) is 9.59 Å². The van der Waals surface area contributed by atoms with Crippen molar-refractivity contribution in [1.29, 1.82) is 0 Å². The molecule has 1 aliphatic rings. The van der Waals surface area contributed by atoms with Gasteiger partial charge >= 0.3 is 0 Å². The highest BCUT2D eigenvalue weighted by Crippen LogP contribution is 2.22. The van der Waals surface area contributed by atoms with Crippen molar-refractivity contribution in [2.45, 2.75) is 39.2 Å². The van der Waals surface area contributed by atoms with Crippen molar-refractivity contribution in [1.82, 2.24) is 10.2 Å². The van der Waals surface area contributed by atoms with Crippen LogP contribution in [0.5, 0.6) is 5.75 Å². The minimum Gasteiger partial charge on any atom is -0.496 e. The lowest BCUT2D eigenvalue weighted by Gasteiger charge is -2.23. The fraction of sp³-hybridized carbons (Fsp3) is 0.556. The van der Waals surface area contributed by atoms with Crippen molar-refractivity contribution in [3.63, 3.8) is 0 Å². The average molecular weight is 318 g/mol. The van der Waals surface area contributed by atoms with Crippen LogP contribution in [-0.2, 0) is 16.0 Å². The lowest BCUT2D eigenvalue weighted by atomic mass is 10.1. The van der Waals surface area contributed by atoms with Gasteiger partial charge in [-0.25, -0.2) is 0 Å². The first-order valence-corrected chi connectivity index (χ1v) is 8.25. The van der Waals surface area contributed by atoms with E-state index < -0.39 is 0 Å². The highest BCUT2D eigenvalue weighted by atomic mass is 16.5. The van der Waals surface area contributed by atoms with Gasteiger partial charge in [0, 0.05) is 25.6 Å². The zero-order valence-corrected chi connectivity index (χ0v) is 14.2. The zero-order valence-electron chi connectivity index (χ0n) is 14.2. The Bertz CT molecular complexity index is 559. The molecule has 126 valence electrons. The Morgan fingerprint density at radius 2 is 2.17 bits per heavy atom. The second-order valence-corrected chi connectivity index (χ2v) is 6.06. The number of carbonyl (C=O) groups is 2. The number of hydrogen-bond donors (Lipinski definition) is 1. The molecule has 0 saturated carbocycles. The third-order valence-corrected chi connectivity index (χ3v) is 4.54. The van der Waals surface area contributed by atoms with E-state index in [4.69, 9.17) is 4.74 Å². The lowest BCUT2D eigenvalue weighted by molar-refractivity contribution is -0.130. The van der Waals surface area contributed by atoms with Crippen LogP contribution in [0, 0.1) is 5.92 Å². The van der Waals surface area contributed by atoms with Crippen LogP contribution in [0.25, 0.3) is 0 Å². The van der Waals surface area contributed by atoms with Crippen molar-refractivity contribution in [2.24, 2.45) is 5.92 Å². The predicted octanol–water partition coefficient (Wildman–Crippen LogP) is 2.00. The molecule has 1 aromatic rings. The topological polar surface area (TPSA) is 58.6 Å². The molecule has 5 nitrogen and oxygen atoms in total. The summed E-state index contributed by atoms with van der Waals surface area (Å²) in [5, 5.41) is 2.95. The molecule has 5 heteroatoms. The average Bonchev–Trinajstić information content (AvgIpc) is 2.96. The Morgan fingerprint density at radius 1 is 1.43 bits per heavy atom. The van der Waals surface area contributed by atoms with E-state index in [0.717, 1.165) is 17.7 Å². The van der Waals surface area contributed by atoms with E-state index in [2.05, 4.69) is 12.2 Å². The van der Waals surface area contributed by atoms with Gasteiger partial charge in [-0.2, -0.15) is 0 Å².